The van der Waals surface area contributed by atoms with Crippen LogP contribution in [0, 0.1) is 12.7 Å². The number of rotatable bonds is 5. The number of nitrogen functional groups attached to an aromatic ring is 1. The molecule has 2 aromatic carbocycles. The van der Waals surface area contributed by atoms with Gasteiger partial charge < -0.3 is 15.2 Å². The fraction of sp³-hybridized carbons (Fsp3) is 0.182. The van der Waals surface area contributed by atoms with Crippen molar-refractivity contribution in [3.63, 3.8) is 0 Å². The molecule has 3 aromatic rings. The average molecular weight is 449 g/mol. The number of halogens is 3. The van der Waals surface area contributed by atoms with Gasteiger partial charge in [0.15, 0.2) is 11.6 Å². The first-order chi connectivity index (χ1) is 14.2. The number of methoxy groups -OCH3 is 1. The molecular weight excluding hydrogens is 430 g/mol. The molecule has 0 saturated carbocycles. The lowest BCUT2D eigenvalue weighted by Gasteiger charge is -2.19. The normalized spacial score (nSPS) is 11.8. The number of ether oxygens (including phenoxy) is 2. The lowest BCUT2D eigenvalue weighted by atomic mass is 9.99. The Bertz CT molecular complexity index is 1120. The summed E-state index contributed by atoms with van der Waals surface area (Å²) in [5, 5.41) is 0.178. The van der Waals surface area contributed by atoms with Crippen molar-refractivity contribution in [3.05, 3.63) is 75.1 Å². The highest BCUT2D eigenvalue weighted by atomic mass is 35.5. The van der Waals surface area contributed by atoms with Crippen LogP contribution in [0.1, 0.15) is 34.5 Å². The Balaban J connectivity index is 1.95. The van der Waals surface area contributed by atoms with Gasteiger partial charge in [-0.15, -0.1) is 0 Å². The number of aromatic nitrogens is 1. The molecule has 0 aliphatic carbocycles. The van der Waals surface area contributed by atoms with Gasteiger partial charge in [0.05, 0.1) is 17.7 Å². The summed E-state index contributed by atoms with van der Waals surface area (Å²) < 4.78 is 24.5. The summed E-state index contributed by atoms with van der Waals surface area (Å²) in [6.07, 6.45) is 0.928. The number of esters is 1. The standard InChI is InChI=1S/C22H19Cl2FN2O3/c1-11-8-13(22(28)29-3)4-5-15(11)14-9-18(21(26)27-10-14)30-12(2)19-16(23)6-7-17(25)20(19)24/h4-10,12H,1-3H3,(H2,26,27). The van der Waals surface area contributed by atoms with Crippen LogP contribution in [-0.4, -0.2) is 18.1 Å². The summed E-state index contributed by atoms with van der Waals surface area (Å²) in [6.45, 7) is 3.56. The van der Waals surface area contributed by atoms with Crippen molar-refractivity contribution in [2.75, 3.05) is 12.8 Å². The molecule has 1 atom stereocenters. The van der Waals surface area contributed by atoms with E-state index in [0.29, 0.717) is 16.9 Å². The maximum atomic E-state index is 13.9. The van der Waals surface area contributed by atoms with Crippen LogP contribution in [0.4, 0.5) is 10.2 Å². The number of benzene rings is 2. The first-order valence-corrected chi connectivity index (χ1v) is 9.73. The molecule has 1 unspecified atom stereocenters. The second kappa shape index (κ2) is 8.90. The van der Waals surface area contributed by atoms with Gasteiger partial charge in [0.2, 0.25) is 0 Å². The van der Waals surface area contributed by atoms with Gasteiger partial charge in [0, 0.05) is 22.3 Å². The largest absolute Gasteiger partial charge is 0.482 e. The second-order valence-electron chi connectivity index (χ2n) is 6.65. The van der Waals surface area contributed by atoms with Crippen LogP contribution in [-0.2, 0) is 4.74 Å². The predicted molar refractivity (Wildman–Crippen MR) is 116 cm³/mol. The zero-order chi connectivity index (χ0) is 22.0. The minimum Gasteiger partial charge on any atom is -0.482 e. The number of aryl methyl sites for hydroxylation is 1. The Kier molecular flexibility index (Phi) is 6.48. The zero-order valence-electron chi connectivity index (χ0n) is 16.5. The first kappa shape index (κ1) is 21.9. The summed E-state index contributed by atoms with van der Waals surface area (Å²) in [5.41, 5.74) is 9.17. The lowest BCUT2D eigenvalue weighted by Crippen LogP contribution is -2.08. The van der Waals surface area contributed by atoms with Crippen LogP contribution in [0.3, 0.4) is 0 Å². The smallest absolute Gasteiger partial charge is 0.337 e. The number of nitrogens with two attached hydrogens (primary N) is 1. The molecule has 5 nitrogen and oxygen atoms in total. The van der Waals surface area contributed by atoms with E-state index in [-0.39, 0.29) is 15.9 Å². The van der Waals surface area contributed by atoms with Crippen molar-refractivity contribution in [2.24, 2.45) is 0 Å². The molecule has 30 heavy (non-hydrogen) atoms. The van der Waals surface area contributed by atoms with E-state index >= 15 is 0 Å². The third kappa shape index (κ3) is 4.35. The van der Waals surface area contributed by atoms with Crippen LogP contribution < -0.4 is 10.5 Å². The van der Waals surface area contributed by atoms with E-state index in [4.69, 9.17) is 38.4 Å². The molecule has 0 bridgehead atoms. The van der Waals surface area contributed by atoms with Gasteiger partial charge in [-0.3, -0.25) is 0 Å². The number of nitrogens with zero attached hydrogens (tertiary/aromatic N) is 1. The van der Waals surface area contributed by atoms with Gasteiger partial charge in [-0.1, -0.05) is 29.3 Å². The maximum absolute atomic E-state index is 13.9. The molecule has 0 fully saturated rings. The Morgan fingerprint density at radius 2 is 1.93 bits per heavy atom. The van der Waals surface area contributed by atoms with Gasteiger partial charge >= 0.3 is 5.97 Å². The molecule has 0 aliphatic rings. The van der Waals surface area contributed by atoms with E-state index in [0.717, 1.165) is 16.7 Å². The van der Waals surface area contributed by atoms with E-state index in [1.807, 2.05) is 6.92 Å². The van der Waals surface area contributed by atoms with Crippen molar-refractivity contribution in [1.29, 1.82) is 0 Å². The van der Waals surface area contributed by atoms with E-state index < -0.39 is 17.9 Å². The van der Waals surface area contributed by atoms with Crippen molar-refractivity contribution >= 4 is 35.0 Å². The fourth-order valence-electron chi connectivity index (χ4n) is 3.09. The van der Waals surface area contributed by atoms with Crippen molar-refractivity contribution in [3.8, 4) is 16.9 Å². The summed E-state index contributed by atoms with van der Waals surface area (Å²) >= 11 is 12.3. The summed E-state index contributed by atoms with van der Waals surface area (Å²) in [6, 6.07) is 9.52. The lowest BCUT2D eigenvalue weighted by molar-refractivity contribution is 0.0600. The molecule has 3 rings (SSSR count). The highest BCUT2D eigenvalue weighted by Crippen LogP contribution is 2.37. The van der Waals surface area contributed by atoms with Gasteiger partial charge in [-0.25, -0.2) is 14.2 Å². The summed E-state index contributed by atoms with van der Waals surface area (Å²) in [5.74, 6) is -0.541. The average Bonchev–Trinajstić information content (AvgIpc) is 2.72. The second-order valence-corrected chi connectivity index (χ2v) is 7.43. The fourth-order valence-corrected chi connectivity index (χ4v) is 3.77. The van der Waals surface area contributed by atoms with Crippen molar-refractivity contribution in [2.45, 2.75) is 20.0 Å². The van der Waals surface area contributed by atoms with Crippen molar-refractivity contribution < 1.29 is 18.7 Å². The highest BCUT2D eigenvalue weighted by molar-refractivity contribution is 6.36. The van der Waals surface area contributed by atoms with Crippen LogP contribution in [0.2, 0.25) is 10.0 Å². The maximum Gasteiger partial charge on any atom is 0.337 e. The quantitative estimate of drug-likeness (QED) is 0.381. The van der Waals surface area contributed by atoms with Crippen LogP contribution >= 0.6 is 23.2 Å². The highest BCUT2D eigenvalue weighted by Gasteiger charge is 2.20. The minimum absolute atomic E-state index is 0.105. The van der Waals surface area contributed by atoms with E-state index in [1.54, 1.807) is 37.4 Å². The molecular formula is C22H19Cl2FN2O3. The van der Waals surface area contributed by atoms with E-state index in [1.165, 1.54) is 19.2 Å². The molecule has 8 heteroatoms. The van der Waals surface area contributed by atoms with Crippen LogP contribution in [0.5, 0.6) is 5.75 Å². The monoisotopic (exact) mass is 448 g/mol. The summed E-state index contributed by atoms with van der Waals surface area (Å²) in [7, 11) is 1.33. The molecule has 1 heterocycles. The number of anilines is 1. The van der Waals surface area contributed by atoms with Gasteiger partial charge in [-0.2, -0.15) is 0 Å². The number of pyridine rings is 1. The molecule has 0 aliphatic heterocycles. The number of hydrogen-bond donors (Lipinski definition) is 1. The molecule has 0 amide bonds. The zero-order valence-corrected chi connectivity index (χ0v) is 18.0. The van der Waals surface area contributed by atoms with Gasteiger partial charge in [0.25, 0.3) is 0 Å². The topological polar surface area (TPSA) is 74.4 Å². The molecule has 156 valence electrons. The number of carbonyl (C=O) groups is 1. The summed E-state index contributed by atoms with van der Waals surface area (Å²) in [4.78, 5) is 15.9. The van der Waals surface area contributed by atoms with Crippen LogP contribution in [0.15, 0.2) is 42.6 Å². The molecule has 1 aromatic heterocycles. The van der Waals surface area contributed by atoms with E-state index in [9.17, 15) is 9.18 Å². The minimum atomic E-state index is -0.678. The molecule has 0 saturated heterocycles. The van der Waals surface area contributed by atoms with E-state index in [2.05, 4.69) is 4.98 Å². The molecule has 0 spiro atoms. The molecule has 2 N–H and O–H groups in total. The van der Waals surface area contributed by atoms with Crippen molar-refractivity contribution in [1.82, 2.24) is 4.98 Å². The third-order valence-electron chi connectivity index (χ3n) is 4.63. The number of hydrogen-bond acceptors (Lipinski definition) is 5. The third-order valence-corrected chi connectivity index (χ3v) is 5.34. The predicted octanol–water partition coefficient (Wildman–Crippen LogP) is 6.01. The Labute approximate surface area is 183 Å². The Morgan fingerprint density at radius 1 is 1.20 bits per heavy atom. The van der Waals surface area contributed by atoms with Gasteiger partial charge in [-0.05, 0) is 55.3 Å². The van der Waals surface area contributed by atoms with Crippen LogP contribution in [0.25, 0.3) is 11.1 Å². The first-order valence-electron chi connectivity index (χ1n) is 8.97. The van der Waals surface area contributed by atoms with Gasteiger partial charge in [0.1, 0.15) is 11.9 Å². The molecule has 0 radical (unpaired) electrons. The number of carbonyl (C=O) groups excluding carboxylic acids is 1. The SMILES string of the molecule is COC(=O)c1ccc(-c2cnc(N)c(OC(C)c3c(Cl)ccc(F)c3Cl)c2)c(C)c1. The Morgan fingerprint density at radius 3 is 2.60 bits per heavy atom. The Hall–Kier alpha value is -2.83.